The highest BCUT2D eigenvalue weighted by atomic mass is 32.5. The molecular weight excluding hydrogens is 732 g/mol. The zero-order valence-corrected chi connectivity index (χ0v) is 28.7. The van der Waals surface area contributed by atoms with Crippen LogP contribution in [0.2, 0.25) is 0 Å². The van der Waals surface area contributed by atoms with Crippen molar-refractivity contribution in [1.29, 1.82) is 5.26 Å². The maximum Gasteiger partial charge on any atom is 0.695 e. The minimum Gasteiger partial charge on any atom is -0.388 e. The van der Waals surface area contributed by atoms with Crippen LogP contribution >= 0.6 is 15.0 Å². The largest absolute Gasteiger partial charge is 0.695 e. The number of anilines is 1. The van der Waals surface area contributed by atoms with Crippen molar-refractivity contribution < 1.29 is 51.0 Å². The van der Waals surface area contributed by atoms with Crippen molar-refractivity contribution in [3.05, 3.63) is 35.0 Å². The Labute approximate surface area is 285 Å². The van der Waals surface area contributed by atoms with E-state index in [0.29, 0.717) is 11.2 Å². The van der Waals surface area contributed by atoms with Gasteiger partial charge < -0.3 is 28.0 Å². The van der Waals surface area contributed by atoms with Gasteiger partial charge in [0.25, 0.3) is 5.56 Å². The van der Waals surface area contributed by atoms with E-state index in [1.165, 1.54) is 17.1 Å². The molecule has 20 nitrogen and oxygen atoms in total. The number of hydrogen-bond acceptors (Lipinski definition) is 16. The number of alkyl halides is 2. The number of aliphatic hydroxyl groups is 1. The van der Waals surface area contributed by atoms with Crippen LogP contribution in [0.5, 0.6) is 0 Å². The van der Waals surface area contributed by atoms with E-state index in [2.05, 4.69) is 35.2 Å². The summed E-state index contributed by atoms with van der Waals surface area (Å²) in [5.74, 6) is -5.12. The first-order valence-corrected chi connectivity index (χ1v) is 18.3. The molecule has 50 heavy (non-hydrogen) atoms. The van der Waals surface area contributed by atoms with Gasteiger partial charge in [0.2, 0.25) is 18.0 Å². The van der Waals surface area contributed by atoms with Gasteiger partial charge in [0.15, 0.2) is 29.1 Å². The number of imidazole rings is 2. The van der Waals surface area contributed by atoms with E-state index >= 15 is 8.78 Å². The van der Waals surface area contributed by atoms with Crippen molar-refractivity contribution >= 4 is 61.0 Å². The summed E-state index contributed by atoms with van der Waals surface area (Å²) in [5.41, 5.74) is -0.676. The summed E-state index contributed by atoms with van der Waals surface area (Å²) >= 11 is 5.45. The number of nitrogens with one attached hydrogen (secondary N) is 2. The Morgan fingerprint density at radius 1 is 1.28 bits per heavy atom. The molecule has 0 aromatic carbocycles. The predicted octanol–water partition coefficient (Wildman–Crippen LogP) is 1.80. The van der Waals surface area contributed by atoms with Crippen molar-refractivity contribution in [1.82, 2.24) is 39.0 Å². The molecule has 1 amide bonds. The van der Waals surface area contributed by atoms with Gasteiger partial charge in [0.1, 0.15) is 24.3 Å². The Hall–Kier alpha value is -3.81. The van der Waals surface area contributed by atoms with Crippen LogP contribution in [0.15, 0.2) is 23.6 Å². The number of hydrogen-bond donors (Lipinski definition) is 4. The molecule has 1 aliphatic heterocycles. The zero-order valence-electron chi connectivity index (χ0n) is 26.1. The van der Waals surface area contributed by atoms with Gasteiger partial charge in [-0.3, -0.25) is 24.5 Å². The Kier molecular flexibility index (Phi) is 11.7. The van der Waals surface area contributed by atoms with E-state index in [4.69, 9.17) is 39.9 Å². The quantitative estimate of drug-likeness (QED) is 0.0937. The fourth-order valence-corrected chi connectivity index (χ4v) is 6.95. The third-order valence-electron chi connectivity index (χ3n) is 7.09. The van der Waals surface area contributed by atoms with Crippen molar-refractivity contribution in [2.75, 3.05) is 25.1 Å². The molecule has 0 bridgehead atoms. The van der Waals surface area contributed by atoms with Crippen LogP contribution < -0.4 is 10.9 Å². The molecule has 0 saturated carbocycles. The Morgan fingerprint density at radius 3 is 2.74 bits per heavy atom. The maximum atomic E-state index is 15.9. The molecule has 25 heteroatoms. The summed E-state index contributed by atoms with van der Waals surface area (Å²) in [6, 6.07) is 1.85. The third-order valence-corrected chi connectivity index (χ3v) is 9.91. The SMILES string of the molecule is CC(C)C(=O)Nc1nc2c(ncn2[C@@H]2O[C@H](COP(=S)(OCCC#N)OCCn3c(CO)nc4cncnc43)C(F)(F)[C@H]2O[P+](=O)O)c(=O)[nH]1. The number of nitriles is 1. The fraction of sp³-hybridized carbons (Fsp3) is 0.520. The fourth-order valence-electron chi connectivity index (χ4n) is 4.72. The number of H-pyrrole nitrogens is 1. The maximum absolute atomic E-state index is 15.9. The van der Waals surface area contributed by atoms with Gasteiger partial charge in [-0.05, 0) is 11.8 Å². The molecule has 0 spiro atoms. The molecule has 5 heterocycles. The number of fused-ring (bicyclic) bond motifs is 2. The molecule has 5 atom stereocenters. The normalized spacial score (nSPS) is 20.3. The summed E-state index contributed by atoms with van der Waals surface area (Å²) in [4.78, 5) is 57.0. The number of nitrogens with zero attached hydrogens (tertiary/aromatic N) is 8. The molecule has 268 valence electrons. The minimum atomic E-state index is -4.04. The number of rotatable bonds is 16. The van der Waals surface area contributed by atoms with E-state index in [1.54, 1.807) is 13.8 Å². The summed E-state index contributed by atoms with van der Waals surface area (Å²) < 4.78 is 73.1. The number of ether oxygens (including phenoxy) is 1. The molecule has 1 aliphatic rings. The van der Waals surface area contributed by atoms with Gasteiger partial charge in [-0.25, -0.2) is 28.7 Å². The van der Waals surface area contributed by atoms with Crippen molar-refractivity contribution in [3.63, 3.8) is 0 Å². The van der Waals surface area contributed by atoms with Gasteiger partial charge in [-0.2, -0.15) is 10.2 Å². The third kappa shape index (κ3) is 8.05. The second-order valence-electron chi connectivity index (χ2n) is 10.7. The minimum absolute atomic E-state index is 0.0177. The van der Waals surface area contributed by atoms with Crippen LogP contribution in [-0.4, -0.2) is 92.9 Å². The number of aliphatic hydroxyl groups excluding tert-OH is 1. The Bertz CT molecular complexity index is 2040. The van der Waals surface area contributed by atoms with Gasteiger partial charge in [-0.1, -0.05) is 13.8 Å². The summed E-state index contributed by atoms with van der Waals surface area (Å²) in [7, 11) is -3.61. The first kappa shape index (κ1) is 37.4. The van der Waals surface area contributed by atoms with E-state index in [0.717, 1.165) is 10.9 Å². The van der Waals surface area contributed by atoms with Crippen LogP contribution in [0.3, 0.4) is 0 Å². The number of amides is 1. The lowest BCUT2D eigenvalue weighted by molar-refractivity contribution is -0.119. The topological polar surface area (TPSA) is 264 Å². The van der Waals surface area contributed by atoms with Crippen LogP contribution in [0.1, 0.15) is 32.3 Å². The van der Waals surface area contributed by atoms with E-state index in [1.807, 2.05) is 6.07 Å². The molecule has 4 aromatic heterocycles. The molecule has 1 saturated heterocycles. The van der Waals surface area contributed by atoms with Crippen LogP contribution in [0, 0.1) is 17.2 Å². The molecule has 0 radical (unpaired) electrons. The molecule has 4 N–H and O–H groups in total. The summed E-state index contributed by atoms with van der Waals surface area (Å²) in [5, 5.41) is 21.1. The van der Waals surface area contributed by atoms with Crippen LogP contribution in [0.25, 0.3) is 22.3 Å². The predicted molar refractivity (Wildman–Crippen MR) is 169 cm³/mol. The lowest BCUT2D eigenvalue weighted by Gasteiger charge is -2.25. The molecule has 2 unspecified atom stereocenters. The van der Waals surface area contributed by atoms with E-state index in [9.17, 15) is 24.2 Å². The average molecular weight is 762 g/mol. The Balaban J connectivity index is 1.38. The monoisotopic (exact) mass is 761 g/mol. The highest BCUT2D eigenvalue weighted by Crippen LogP contribution is 2.53. The number of aromatic nitrogens is 8. The van der Waals surface area contributed by atoms with Crippen LogP contribution in [0.4, 0.5) is 14.7 Å². The summed E-state index contributed by atoms with van der Waals surface area (Å²) in [6.45, 7) is -2.62. The van der Waals surface area contributed by atoms with Crippen LogP contribution in [-0.2, 0) is 57.1 Å². The lowest BCUT2D eigenvalue weighted by Crippen LogP contribution is -2.42. The van der Waals surface area contributed by atoms with Crippen molar-refractivity contribution in [3.8, 4) is 6.07 Å². The molecule has 0 aliphatic carbocycles. The second kappa shape index (κ2) is 15.6. The smallest absolute Gasteiger partial charge is 0.388 e. The second-order valence-corrected chi connectivity index (χ2v) is 14.4. The number of carbonyl (C=O) groups is 1. The highest BCUT2D eigenvalue weighted by Gasteiger charge is 2.64. The van der Waals surface area contributed by atoms with Gasteiger partial charge in [0.05, 0.1) is 44.8 Å². The lowest BCUT2D eigenvalue weighted by atomic mass is 10.1. The van der Waals surface area contributed by atoms with E-state index in [-0.39, 0.29) is 49.1 Å². The first-order valence-electron chi connectivity index (χ1n) is 14.6. The van der Waals surface area contributed by atoms with Crippen molar-refractivity contribution in [2.24, 2.45) is 5.92 Å². The molecule has 5 rings (SSSR count). The Morgan fingerprint density at radius 2 is 2.04 bits per heavy atom. The van der Waals surface area contributed by atoms with Gasteiger partial charge in [0, 0.05) is 17.0 Å². The molecule has 4 aromatic rings. The molecule has 1 fully saturated rings. The zero-order chi connectivity index (χ0) is 36.2. The number of carbonyl (C=O) groups excluding carboxylic acids is 1. The summed E-state index contributed by atoms with van der Waals surface area (Å²) in [6.07, 6.45) is -3.01. The first-order chi connectivity index (χ1) is 23.8. The number of aromatic amines is 1. The van der Waals surface area contributed by atoms with E-state index < -0.39 is 69.9 Å². The number of halogens is 2. The molecular formula is C25H29F2N10O10P2S+. The van der Waals surface area contributed by atoms with Gasteiger partial charge in [-0.15, -0.1) is 9.42 Å². The highest BCUT2D eigenvalue weighted by molar-refractivity contribution is 8.07. The van der Waals surface area contributed by atoms with Crippen molar-refractivity contribution in [2.45, 2.75) is 57.8 Å². The average Bonchev–Trinajstić information content (AvgIpc) is 3.72. The van der Waals surface area contributed by atoms with Gasteiger partial charge >= 0.3 is 20.9 Å². The standard InChI is InChI=1S/C25H28F2N10O10P2S/c1-13(2)21(39)34-24-33-20-17(22(40)35-24)31-12-37(20)23-18(47-48(41)42)25(26,27)15(46-23)10-45-49(50,43-6-3-4-28)44-7-5-36-16(9-38)32-14-8-29-11-30-19(14)36/h8,11-13,15,18,23,38H,3,5-7,9-10H2,1-2H3,(H2-,33,34,35,39,40,41,42)/p+1/t15-,18+,23-,49?/m1/s1.